The highest BCUT2D eigenvalue weighted by atomic mass is 16.4. The smallest absolute Gasteiger partial charge is 0.303 e. The van der Waals surface area contributed by atoms with Crippen molar-refractivity contribution in [1.29, 1.82) is 0 Å². The predicted octanol–water partition coefficient (Wildman–Crippen LogP) is 1.39. The quantitative estimate of drug-likeness (QED) is 0.781. The summed E-state index contributed by atoms with van der Waals surface area (Å²) in [5.41, 5.74) is 1.08. The molecule has 0 amide bonds. The van der Waals surface area contributed by atoms with E-state index in [4.69, 9.17) is 10.2 Å². The molecule has 0 aliphatic carbocycles. The first-order valence-electron chi connectivity index (χ1n) is 6.02. The Morgan fingerprint density at radius 2 is 1.72 bits per heavy atom. The number of aryl methyl sites for hydroxylation is 1. The minimum absolute atomic E-state index is 0.212. The lowest BCUT2D eigenvalue weighted by molar-refractivity contribution is -0.870. The van der Waals surface area contributed by atoms with Crippen molar-refractivity contribution >= 4 is 5.97 Å². The zero-order valence-corrected chi connectivity index (χ0v) is 11.5. The average molecular weight is 254 g/mol. The maximum absolute atomic E-state index is 10.2. The van der Waals surface area contributed by atoms with E-state index < -0.39 is 5.97 Å². The van der Waals surface area contributed by atoms with Gasteiger partial charge in [-0.25, -0.2) is 0 Å². The van der Waals surface area contributed by atoms with E-state index in [1.807, 2.05) is 30.3 Å². The fourth-order valence-electron chi connectivity index (χ4n) is 1.20. The molecular formula is C14H24NO3+. The number of aliphatic hydroxyl groups is 1. The number of carboxylic acids is 1. The van der Waals surface area contributed by atoms with Crippen LogP contribution in [0, 0.1) is 0 Å². The van der Waals surface area contributed by atoms with Crippen LogP contribution in [0.4, 0.5) is 0 Å². The SMILES string of the molecule is C[N+](C)(C)CCO.O=C(O)CCc1ccccc1. The second kappa shape index (κ2) is 8.66. The minimum Gasteiger partial charge on any atom is -0.481 e. The standard InChI is InChI=1S/C9H10O2.C5H14NO/c10-9(11)7-6-8-4-2-1-3-5-8;1-6(2,3)4-5-7/h1-5H,6-7H2,(H,10,11);7H,4-5H2,1-3H3/q;+1. The van der Waals surface area contributed by atoms with Crippen molar-refractivity contribution in [1.82, 2.24) is 0 Å². The molecule has 0 bridgehead atoms. The van der Waals surface area contributed by atoms with Crippen molar-refractivity contribution in [2.75, 3.05) is 34.3 Å². The van der Waals surface area contributed by atoms with Crippen LogP contribution in [0.1, 0.15) is 12.0 Å². The summed E-state index contributed by atoms with van der Waals surface area (Å²) in [6.07, 6.45) is 0.834. The molecule has 0 spiro atoms. The van der Waals surface area contributed by atoms with Crippen LogP contribution in [0.5, 0.6) is 0 Å². The lowest BCUT2D eigenvalue weighted by Crippen LogP contribution is -2.36. The van der Waals surface area contributed by atoms with Crippen molar-refractivity contribution < 1.29 is 19.5 Å². The molecule has 0 aliphatic rings. The van der Waals surface area contributed by atoms with Crippen LogP contribution in [-0.2, 0) is 11.2 Å². The number of quaternary nitrogens is 1. The largest absolute Gasteiger partial charge is 0.481 e. The summed E-state index contributed by atoms with van der Waals surface area (Å²) in [5, 5.41) is 16.8. The van der Waals surface area contributed by atoms with Crippen molar-refractivity contribution in [3.8, 4) is 0 Å². The van der Waals surface area contributed by atoms with E-state index in [-0.39, 0.29) is 13.0 Å². The second-order valence-electron chi connectivity index (χ2n) is 5.12. The number of aliphatic hydroxyl groups excluding tert-OH is 1. The van der Waals surface area contributed by atoms with Gasteiger partial charge in [0.2, 0.25) is 0 Å². The lowest BCUT2D eigenvalue weighted by atomic mass is 10.1. The van der Waals surface area contributed by atoms with Crippen molar-refractivity contribution in [2.24, 2.45) is 0 Å². The molecule has 4 heteroatoms. The molecule has 102 valence electrons. The zero-order valence-electron chi connectivity index (χ0n) is 11.5. The van der Waals surface area contributed by atoms with Gasteiger partial charge in [0.25, 0.3) is 0 Å². The molecule has 1 rings (SSSR count). The van der Waals surface area contributed by atoms with Gasteiger partial charge in [-0.3, -0.25) is 4.79 Å². The van der Waals surface area contributed by atoms with Gasteiger partial charge in [0, 0.05) is 6.42 Å². The van der Waals surface area contributed by atoms with Gasteiger partial charge in [-0.05, 0) is 12.0 Å². The molecule has 2 N–H and O–H groups in total. The summed E-state index contributed by atoms with van der Waals surface area (Å²) in [6, 6.07) is 9.62. The Morgan fingerprint density at radius 3 is 2.06 bits per heavy atom. The van der Waals surface area contributed by atoms with Crippen LogP contribution in [0.3, 0.4) is 0 Å². The number of hydrogen-bond donors (Lipinski definition) is 2. The van der Waals surface area contributed by atoms with Crippen LogP contribution in [-0.4, -0.2) is 55.0 Å². The Kier molecular flexibility index (Phi) is 8.00. The monoisotopic (exact) mass is 254 g/mol. The summed E-state index contributed by atoms with van der Waals surface area (Å²) in [6.45, 7) is 1.11. The van der Waals surface area contributed by atoms with Crippen LogP contribution in [0.25, 0.3) is 0 Å². The summed E-state index contributed by atoms with van der Waals surface area (Å²) < 4.78 is 0.844. The summed E-state index contributed by atoms with van der Waals surface area (Å²) in [4.78, 5) is 10.2. The Balaban J connectivity index is 0.000000360. The third-order valence-corrected chi connectivity index (χ3v) is 2.24. The van der Waals surface area contributed by atoms with Crippen molar-refractivity contribution in [2.45, 2.75) is 12.8 Å². The number of hydrogen-bond acceptors (Lipinski definition) is 2. The van der Waals surface area contributed by atoms with Gasteiger partial charge < -0.3 is 14.7 Å². The number of benzene rings is 1. The van der Waals surface area contributed by atoms with Crippen LogP contribution >= 0.6 is 0 Å². The molecule has 0 heterocycles. The number of likely N-dealkylation sites (N-methyl/N-ethyl adjacent to an activating group) is 1. The van der Waals surface area contributed by atoms with E-state index in [9.17, 15) is 4.79 Å². The molecule has 0 atom stereocenters. The number of aliphatic carboxylic acids is 1. The Hall–Kier alpha value is -1.39. The van der Waals surface area contributed by atoms with Crippen LogP contribution < -0.4 is 0 Å². The molecule has 1 aromatic rings. The lowest BCUT2D eigenvalue weighted by Gasteiger charge is -2.21. The van der Waals surface area contributed by atoms with Crippen molar-refractivity contribution in [3.63, 3.8) is 0 Å². The zero-order chi connectivity index (χ0) is 14.0. The third-order valence-electron chi connectivity index (χ3n) is 2.24. The Morgan fingerprint density at radius 1 is 1.17 bits per heavy atom. The molecule has 4 nitrogen and oxygen atoms in total. The van der Waals surface area contributed by atoms with Gasteiger partial charge in [0.05, 0.1) is 27.7 Å². The van der Waals surface area contributed by atoms with Gasteiger partial charge in [0.15, 0.2) is 0 Å². The molecule has 0 aromatic heterocycles. The highest BCUT2D eigenvalue weighted by Gasteiger charge is 2.02. The van der Waals surface area contributed by atoms with E-state index >= 15 is 0 Å². The maximum atomic E-state index is 10.2. The van der Waals surface area contributed by atoms with Crippen LogP contribution in [0.2, 0.25) is 0 Å². The minimum atomic E-state index is -0.742. The number of rotatable bonds is 5. The van der Waals surface area contributed by atoms with Gasteiger partial charge in [-0.15, -0.1) is 0 Å². The van der Waals surface area contributed by atoms with E-state index in [1.54, 1.807) is 0 Å². The molecule has 0 unspecified atom stereocenters. The predicted molar refractivity (Wildman–Crippen MR) is 72.4 cm³/mol. The average Bonchev–Trinajstić information content (AvgIpc) is 2.27. The normalized spacial score (nSPS) is 10.4. The topological polar surface area (TPSA) is 57.5 Å². The maximum Gasteiger partial charge on any atom is 0.303 e. The van der Waals surface area contributed by atoms with E-state index in [0.29, 0.717) is 6.42 Å². The first kappa shape index (κ1) is 16.6. The van der Waals surface area contributed by atoms with E-state index in [2.05, 4.69) is 21.1 Å². The molecule has 0 saturated heterocycles. The highest BCUT2D eigenvalue weighted by molar-refractivity contribution is 5.67. The second-order valence-corrected chi connectivity index (χ2v) is 5.12. The molecule has 0 radical (unpaired) electrons. The molecule has 0 fully saturated rings. The third kappa shape index (κ3) is 11.1. The first-order chi connectivity index (χ1) is 8.35. The Labute approximate surface area is 109 Å². The Bertz CT molecular complexity index is 331. The summed E-state index contributed by atoms with van der Waals surface area (Å²) >= 11 is 0. The highest BCUT2D eigenvalue weighted by Crippen LogP contribution is 2.01. The number of carbonyl (C=O) groups is 1. The molecule has 18 heavy (non-hydrogen) atoms. The molecular weight excluding hydrogens is 230 g/mol. The van der Waals surface area contributed by atoms with Crippen molar-refractivity contribution in [3.05, 3.63) is 35.9 Å². The molecule has 1 aromatic carbocycles. The van der Waals surface area contributed by atoms with E-state index in [0.717, 1.165) is 16.6 Å². The van der Waals surface area contributed by atoms with E-state index in [1.165, 1.54) is 0 Å². The fraction of sp³-hybridized carbons (Fsp3) is 0.500. The van der Waals surface area contributed by atoms with Gasteiger partial charge in [-0.1, -0.05) is 30.3 Å². The first-order valence-corrected chi connectivity index (χ1v) is 6.02. The molecule has 0 saturated carbocycles. The van der Waals surface area contributed by atoms with Gasteiger partial charge in [-0.2, -0.15) is 0 Å². The summed E-state index contributed by atoms with van der Waals surface area (Å²) in [5.74, 6) is -0.742. The molecule has 0 aliphatic heterocycles. The van der Waals surface area contributed by atoms with Crippen LogP contribution in [0.15, 0.2) is 30.3 Å². The van der Waals surface area contributed by atoms with Gasteiger partial charge in [0.1, 0.15) is 6.54 Å². The number of carboxylic acid groups (broad SMARTS) is 1. The number of nitrogens with zero attached hydrogens (tertiary/aromatic N) is 1. The van der Waals surface area contributed by atoms with Gasteiger partial charge >= 0.3 is 5.97 Å². The fourth-order valence-corrected chi connectivity index (χ4v) is 1.20. The summed E-state index contributed by atoms with van der Waals surface area (Å²) in [7, 11) is 6.16.